The predicted octanol–water partition coefficient (Wildman–Crippen LogP) is 3.22. The van der Waals surface area contributed by atoms with Crippen LogP contribution in [0.3, 0.4) is 0 Å². The molecule has 1 N–H and O–H groups in total. The average Bonchev–Trinajstić information content (AvgIpc) is 2.69. The zero-order chi connectivity index (χ0) is 19.9. The number of para-hydroxylation sites is 1. The van der Waals surface area contributed by atoms with Gasteiger partial charge in [-0.1, -0.05) is 66.4 Å². The fourth-order valence-electron chi connectivity index (χ4n) is 2.55. The summed E-state index contributed by atoms with van der Waals surface area (Å²) in [6.45, 7) is 6.08. The van der Waals surface area contributed by atoms with Crippen LogP contribution in [0.4, 0.5) is 0 Å². The molecule has 0 saturated heterocycles. The van der Waals surface area contributed by atoms with Crippen LogP contribution in [0.5, 0.6) is 0 Å². The minimum atomic E-state index is -0.276. The Morgan fingerprint density at radius 1 is 1.21 bits per heavy atom. The Kier molecular flexibility index (Phi) is 6.39. The number of thioether (sulfide) groups is 1. The highest BCUT2D eigenvalue weighted by Gasteiger charge is 2.13. The second kappa shape index (κ2) is 9.14. The van der Waals surface area contributed by atoms with E-state index >= 15 is 0 Å². The van der Waals surface area contributed by atoms with Crippen molar-refractivity contribution in [1.82, 2.24) is 15.0 Å². The van der Waals surface area contributed by atoms with Gasteiger partial charge in [0.2, 0.25) is 0 Å². The number of hydrogen-bond donors (Lipinski definition) is 1. The molecule has 3 rings (SSSR count). The normalized spacial score (nSPS) is 11.0. The van der Waals surface area contributed by atoms with Gasteiger partial charge >= 0.3 is 0 Å². The van der Waals surface area contributed by atoms with Gasteiger partial charge in [-0.25, -0.2) is 10.4 Å². The number of nitrogens with zero attached hydrogens (tertiary/aromatic N) is 3. The predicted molar refractivity (Wildman–Crippen MR) is 114 cm³/mol. The molecule has 1 aromatic heterocycles. The van der Waals surface area contributed by atoms with E-state index < -0.39 is 0 Å². The summed E-state index contributed by atoms with van der Waals surface area (Å²) in [4.78, 5) is 29.5. The zero-order valence-electron chi connectivity index (χ0n) is 15.5. The summed E-state index contributed by atoms with van der Waals surface area (Å²) < 4.78 is 1.55. The molecule has 0 bridgehead atoms. The van der Waals surface area contributed by atoms with E-state index in [0.717, 1.165) is 11.1 Å². The Labute approximate surface area is 167 Å². The Bertz CT molecular complexity index is 1090. The standard InChI is InChI=1S/C21H20N4O2S/c1-15(2)13-25-20(27)17-10-6-7-11-18(17)23-21(25)28-14-19(26)24-22-12-16-8-4-3-5-9-16/h3-12H,1,13-14H2,2H3,(H,24,26)/b22-12-. The van der Waals surface area contributed by atoms with Crippen LogP contribution in [0, 0.1) is 0 Å². The van der Waals surface area contributed by atoms with E-state index in [4.69, 9.17) is 0 Å². The van der Waals surface area contributed by atoms with Gasteiger partial charge in [0, 0.05) is 6.54 Å². The summed E-state index contributed by atoms with van der Waals surface area (Å²) in [5.41, 5.74) is 4.68. The molecule has 0 fully saturated rings. The number of benzene rings is 2. The van der Waals surface area contributed by atoms with Gasteiger partial charge in [0.25, 0.3) is 11.5 Å². The molecule has 3 aromatic rings. The quantitative estimate of drug-likeness (QED) is 0.220. The first kappa shape index (κ1) is 19.6. The Hall–Kier alpha value is -3.19. The van der Waals surface area contributed by atoms with Crippen molar-refractivity contribution in [2.24, 2.45) is 5.10 Å². The third kappa shape index (κ3) is 4.95. The molecule has 28 heavy (non-hydrogen) atoms. The van der Waals surface area contributed by atoms with Crippen molar-refractivity contribution in [2.75, 3.05) is 5.75 Å². The van der Waals surface area contributed by atoms with Crippen molar-refractivity contribution in [1.29, 1.82) is 0 Å². The van der Waals surface area contributed by atoms with Crippen molar-refractivity contribution >= 4 is 34.8 Å². The van der Waals surface area contributed by atoms with Crippen molar-refractivity contribution in [3.05, 3.63) is 82.7 Å². The summed E-state index contributed by atoms with van der Waals surface area (Å²) >= 11 is 1.20. The summed E-state index contributed by atoms with van der Waals surface area (Å²) in [6.07, 6.45) is 1.58. The van der Waals surface area contributed by atoms with Crippen LogP contribution in [-0.4, -0.2) is 27.4 Å². The van der Waals surface area contributed by atoms with E-state index in [9.17, 15) is 9.59 Å². The fourth-order valence-corrected chi connectivity index (χ4v) is 3.34. The summed E-state index contributed by atoms with van der Waals surface area (Å²) in [5, 5.41) is 4.98. The van der Waals surface area contributed by atoms with Crippen LogP contribution in [0.15, 0.2) is 81.8 Å². The number of amides is 1. The molecule has 7 heteroatoms. The maximum atomic E-state index is 12.8. The van der Waals surface area contributed by atoms with Crippen molar-refractivity contribution in [3.8, 4) is 0 Å². The lowest BCUT2D eigenvalue weighted by atomic mass is 10.2. The van der Waals surface area contributed by atoms with E-state index in [0.29, 0.717) is 22.6 Å². The molecule has 0 radical (unpaired) electrons. The minimum Gasteiger partial charge on any atom is -0.283 e. The zero-order valence-corrected chi connectivity index (χ0v) is 16.3. The van der Waals surface area contributed by atoms with Crippen LogP contribution < -0.4 is 11.0 Å². The number of hydrogen-bond acceptors (Lipinski definition) is 5. The lowest BCUT2D eigenvalue weighted by molar-refractivity contribution is -0.118. The second-order valence-corrected chi connectivity index (χ2v) is 7.19. The summed E-state index contributed by atoms with van der Waals surface area (Å²) in [7, 11) is 0. The van der Waals surface area contributed by atoms with Gasteiger partial charge in [-0.3, -0.25) is 14.2 Å². The van der Waals surface area contributed by atoms with Gasteiger partial charge in [0.1, 0.15) is 0 Å². The molecule has 6 nitrogen and oxygen atoms in total. The van der Waals surface area contributed by atoms with Gasteiger partial charge in [-0.15, -0.1) is 0 Å². The highest BCUT2D eigenvalue weighted by atomic mass is 32.2. The summed E-state index contributed by atoms with van der Waals surface area (Å²) in [6, 6.07) is 16.7. The molecule has 0 aliphatic rings. The first-order valence-corrected chi connectivity index (χ1v) is 9.67. The Morgan fingerprint density at radius 3 is 2.68 bits per heavy atom. The molecular weight excluding hydrogens is 372 g/mol. The number of hydrazone groups is 1. The first-order chi connectivity index (χ1) is 13.5. The topological polar surface area (TPSA) is 76.3 Å². The maximum Gasteiger partial charge on any atom is 0.262 e. The van der Waals surface area contributed by atoms with E-state index in [1.165, 1.54) is 11.8 Å². The van der Waals surface area contributed by atoms with Crippen LogP contribution in [0.25, 0.3) is 10.9 Å². The van der Waals surface area contributed by atoms with Crippen molar-refractivity contribution in [3.63, 3.8) is 0 Å². The van der Waals surface area contributed by atoms with Crippen LogP contribution >= 0.6 is 11.8 Å². The molecule has 142 valence electrons. The largest absolute Gasteiger partial charge is 0.283 e. The molecule has 0 aliphatic carbocycles. The Balaban J connectivity index is 1.74. The molecule has 0 saturated carbocycles. The Morgan fingerprint density at radius 2 is 1.93 bits per heavy atom. The van der Waals surface area contributed by atoms with Gasteiger partial charge < -0.3 is 0 Å². The number of carbonyl (C=O) groups excluding carboxylic acids is 1. The highest BCUT2D eigenvalue weighted by Crippen LogP contribution is 2.18. The lowest BCUT2D eigenvalue weighted by Crippen LogP contribution is -2.25. The van der Waals surface area contributed by atoms with Gasteiger partial charge in [-0.05, 0) is 24.6 Å². The van der Waals surface area contributed by atoms with E-state index in [1.54, 1.807) is 22.9 Å². The first-order valence-electron chi connectivity index (χ1n) is 8.68. The maximum absolute atomic E-state index is 12.8. The number of nitrogens with one attached hydrogen (secondary N) is 1. The molecule has 0 atom stereocenters. The van der Waals surface area contributed by atoms with E-state index in [1.807, 2.05) is 49.4 Å². The number of allylic oxidation sites excluding steroid dienone is 1. The third-order valence-electron chi connectivity index (χ3n) is 3.79. The average molecular weight is 392 g/mol. The fraction of sp³-hybridized carbons (Fsp3) is 0.143. The molecule has 2 aromatic carbocycles. The lowest BCUT2D eigenvalue weighted by Gasteiger charge is -2.12. The molecule has 1 amide bonds. The van der Waals surface area contributed by atoms with E-state index in [-0.39, 0.29) is 17.2 Å². The van der Waals surface area contributed by atoms with Crippen molar-refractivity contribution in [2.45, 2.75) is 18.6 Å². The SMILES string of the molecule is C=C(C)Cn1c(SCC(=O)N/N=C\c2ccccc2)nc2ccccc2c1=O. The second-order valence-electron chi connectivity index (χ2n) is 6.25. The van der Waals surface area contributed by atoms with Crippen LogP contribution in [0.2, 0.25) is 0 Å². The molecule has 0 aliphatic heterocycles. The number of fused-ring (bicyclic) bond motifs is 1. The number of rotatable bonds is 7. The molecular formula is C21H20N4O2S. The number of aromatic nitrogens is 2. The molecule has 1 heterocycles. The van der Waals surface area contributed by atoms with Gasteiger partial charge in [0.15, 0.2) is 5.16 Å². The van der Waals surface area contributed by atoms with Crippen LogP contribution in [-0.2, 0) is 11.3 Å². The smallest absolute Gasteiger partial charge is 0.262 e. The van der Waals surface area contributed by atoms with Gasteiger partial charge in [-0.2, -0.15) is 5.10 Å². The monoisotopic (exact) mass is 392 g/mol. The highest BCUT2D eigenvalue weighted by molar-refractivity contribution is 7.99. The molecule has 0 unspecified atom stereocenters. The van der Waals surface area contributed by atoms with Gasteiger partial charge in [0.05, 0.1) is 22.9 Å². The molecule has 0 spiro atoms. The summed E-state index contributed by atoms with van der Waals surface area (Å²) in [5.74, 6) is -0.186. The number of carbonyl (C=O) groups is 1. The van der Waals surface area contributed by atoms with Crippen LogP contribution in [0.1, 0.15) is 12.5 Å². The van der Waals surface area contributed by atoms with E-state index in [2.05, 4.69) is 22.1 Å². The van der Waals surface area contributed by atoms with Crippen molar-refractivity contribution < 1.29 is 4.79 Å². The minimum absolute atomic E-state index is 0.0904. The third-order valence-corrected chi connectivity index (χ3v) is 4.77.